The van der Waals surface area contributed by atoms with E-state index in [9.17, 15) is 0 Å². The van der Waals surface area contributed by atoms with Crippen LogP contribution in [-0.2, 0) is 0 Å². The predicted octanol–water partition coefficient (Wildman–Crippen LogP) is 2.45. The Kier molecular flexibility index (Phi) is 3.81. The van der Waals surface area contributed by atoms with Gasteiger partial charge in [-0.3, -0.25) is 0 Å². The van der Waals surface area contributed by atoms with Crippen molar-refractivity contribution in [1.82, 2.24) is 5.32 Å². The molecule has 0 aliphatic carbocycles. The largest absolute Gasteiger partial charge is 0.488 e. The van der Waals surface area contributed by atoms with E-state index in [1.807, 2.05) is 12.1 Å². The molecule has 1 N–H and O–H groups in total. The van der Waals surface area contributed by atoms with Crippen molar-refractivity contribution >= 4 is 15.9 Å². The van der Waals surface area contributed by atoms with Crippen molar-refractivity contribution < 1.29 is 4.74 Å². The Morgan fingerprint density at radius 1 is 1.50 bits per heavy atom. The molecule has 1 fully saturated rings. The van der Waals surface area contributed by atoms with E-state index in [1.165, 1.54) is 0 Å². The molecule has 1 aromatic carbocycles. The molecule has 0 saturated carbocycles. The molecule has 1 aliphatic rings. The SMILES string of the molecule is N#Cc1ccc(Br)cc1O[C@H]1CCCNC1. The van der Waals surface area contributed by atoms with Crippen molar-refractivity contribution in [2.45, 2.75) is 18.9 Å². The maximum Gasteiger partial charge on any atom is 0.138 e. The summed E-state index contributed by atoms with van der Waals surface area (Å²) >= 11 is 3.39. The van der Waals surface area contributed by atoms with Gasteiger partial charge in [-0.25, -0.2) is 0 Å². The van der Waals surface area contributed by atoms with Crippen molar-refractivity contribution in [2.75, 3.05) is 13.1 Å². The minimum atomic E-state index is 0.176. The lowest BCUT2D eigenvalue weighted by Gasteiger charge is -2.24. The van der Waals surface area contributed by atoms with Crippen LogP contribution in [0.15, 0.2) is 22.7 Å². The number of nitrogens with one attached hydrogen (secondary N) is 1. The van der Waals surface area contributed by atoms with Crippen LogP contribution in [-0.4, -0.2) is 19.2 Å². The number of halogens is 1. The van der Waals surface area contributed by atoms with Crippen molar-refractivity contribution in [3.8, 4) is 11.8 Å². The van der Waals surface area contributed by atoms with Crippen LogP contribution < -0.4 is 10.1 Å². The highest BCUT2D eigenvalue weighted by Gasteiger charge is 2.16. The molecule has 1 heterocycles. The lowest BCUT2D eigenvalue weighted by Crippen LogP contribution is -2.37. The first-order valence-electron chi connectivity index (χ1n) is 5.36. The molecule has 84 valence electrons. The van der Waals surface area contributed by atoms with Gasteiger partial charge in [-0.05, 0) is 37.6 Å². The molecule has 0 radical (unpaired) electrons. The molecule has 4 heteroatoms. The fraction of sp³-hybridized carbons (Fsp3) is 0.417. The highest BCUT2D eigenvalue weighted by molar-refractivity contribution is 9.10. The maximum absolute atomic E-state index is 8.98. The third-order valence-corrected chi connectivity index (χ3v) is 3.10. The van der Waals surface area contributed by atoms with E-state index < -0.39 is 0 Å². The standard InChI is InChI=1S/C12H13BrN2O/c13-10-4-3-9(7-14)12(6-10)16-11-2-1-5-15-8-11/h3-4,6,11,15H,1-2,5,8H2/t11-/m0/s1. The Hall–Kier alpha value is -1.05. The van der Waals surface area contributed by atoms with Gasteiger partial charge in [0.2, 0.25) is 0 Å². The predicted molar refractivity (Wildman–Crippen MR) is 65.4 cm³/mol. The summed E-state index contributed by atoms with van der Waals surface area (Å²) in [5.74, 6) is 0.672. The summed E-state index contributed by atoms with van der Waals surface area (Å²) in [4.78, 5) is 0. The fourth-order valence-corrected chi connectivity index (χ4v) is 2.13. The van der Waals surface area contributed by atoms with Crippen molar-refractivity contribution in [1.29, 1.82) is 5.26 Å². The second-order valence-corrected chi connectivity index (χ2v) is 4.75. The van der Waals surface area contributed by atoms with Crippen molar-refractivity contribution in [2.24, 2.45) is 0 Å². The summed E-state index contributed by atoms with van der Waals surface area (Å²) in [5.41, 5.74) is 0.591. The Bertz CT molecular complexity index is 408. The molecule has 0 aromatic heterocycles. The van der Waals surface area contributed by atoms with E-state index >= 15 is 0 Å². The van der Waals surface area contributed by atoms with Gasteiger partial charge in [0.15, 0.2) is 0 Å². The summed E-state index contributed by atoms with van der Waals surface area (Å²) in [6.45, 7) is 1.92. The number of hydrogen-bond acceptors (Lipinski definition) is 3. The molecule has 3 nitrogen and oxygen atoms in total. The van der Waals surface area contributed by atoms with E-state index in [4.69, 9.17) is 10.00 Å². The Morgan fingerprint density at radius 3 is 3.06 bits per heavy atom. The van der Waals surface area contributed by atoms with Gasteiger partial charge in [0.25, 0.3) is 0 Å². The Morgan fingerprint density at radius 2 is 2.38 bits per heavy atom. The molecule has 0 bridgehead atoms. The molecule has 1 aromatic rings. The third kappa shape index (κ3) is 2.75. The number of nitrogens with zero attached hydrogens (tertiary/aromatic N) is 1. The lowest BCUT2D eigenvalue weighted by molar-refractivity contribution is 0.166. The van der Waals surface area contributed by atoms with Crippen molar-refractivity contribution in [3.05, 3.63) is 28.2 Å². The van der Waals surface area contributed by atoms with E-state index in [0.717, 1.165) is 30.4 Å². The first kappa shape index (κ1) is 11.4. The van der Waals surface area contributed by atoms with Gasteiger partial charge >= 0.3 is 0 Å². The molecule has 1 atom stereocenters. The molecule has 1 saturated heterocycles. The Labute approximate surface area is 104 Å². The van der Waals surface area contributed by atoms with Crippen LogP contribution in [0, 0.1) is 11.3 Å². The number of ether oxygens (including phenoxy) is 1. The molecule has 1 aliphatic heterocycles. The van der Waals surface area contributed by atoms with Gasteiger partial charge in [0.05, 0.1) is 5.56 Å². The quantitative estimate of drug-likeness (QED) is 0.905. The normalized spacial score (nSPS) is 20.1. The zero-order valence-corrected chi connectivity index (χ0v) is 10.5. The smallest absolute Gasteiger partial charge is 0.138 e. The number of hydrogen-bond donors (Lipinski definition) is 1. The van der Waals surface area contributed by atoms with E-state index in [2.05, 4.69) is 27.3 Å². The zero-order chi connectivity index (χ0) is 11.4. The van der Waals surface area contributed by atoms with Gasteiger partial charge in [-0.15, -0.1) is 0 Å². The van der Waals surface area contributed by atoms with Crippen LogP contribution >= 0.6 is 15.9 Å². The minimum Gasteiger partial charge on any atom is -0.488 e. The first-order chi connectivity index (χ1) is 7.79. The number of rotatable bonds is 2. The van der Waals surface area contributed by atoms with Gasteiger partial charge in [-0.2, -0.15) is 5.26 Å². The van der Waals surface area contributed by atoms with E-state index in [0.29, 0.717) is 11.3 Å². The molecule has 16 heavy (non-hydrogen) atoms. The van der Waals surface area contributed by atoms with E-state index in [1.54, 1.807) is 6.07 Å². The zero-order valence-electron chi connectivity index (χ0n) is 8.87. The number of nitriles is 1. The number of piperidine rings is 1. The van der Waals surface area contributed by atoms with Gasteiger partial charge in [-0.1, -0.05) is 15.9 Å². The summed E-state index contributed by atoms with van der Waals surface area (Å²) in [5, 5.41) is 12.3. The van der Waals surface area contributed by atoms with Gasteiger partial charge in [0, 0.05) is 11.0 Å². The Balaban J connectivity index is 2.13. The third-order valence-electron chi connectivity index (χ3n) is 2.61. The van der Waals surface area contributed by atoms with Crippen LogP contribution in [0.1, 0.15) is 18.4 Å². The van der Waals surface area contributed by atoms with Crippen molar-refractivity contribution in [3.63, 3.8) is 0 Å². The molecule has 0 amide bonds. The van der Waals surface area contributed by atoms with E-state index in [-0.39, 0.29) is 6.10 Å². The summed E-state index contributed by atoms with van der Waals surface area (Å²) < 4.78 is 6.78. The van der Waals surface area contributed by atoms with Crippen LogP contribution in [0.25, 0.3) is 0 Å². The average Bonchev–Trinajstić information content (AvgIpc) is 2.31. The fourth-order valence-electron chi connectivity index (χ4n) is 1.79. The van der Waals surface area contributed by atoms with Crippen LogP contribution in [0.3, 0.4) is 0 Å². The number of benzene rings is 1. The summed E-state index contributed by atoms with van der Waals surface area (Å²) in [6, 6.07) is 7.63. The van der Waals surface area contributed by atoms with Crippen LogP contribution in [0.4, 0.5) is 0 Å². The highest BCUT2D eigenvalue weighted by Crippen LogP contribution is 2.25. The molecule has 0 spiro atoms. The first-order valence-corrected chi connectivity index (χ1v) is 6.16. The average molecular weight is 281 g/mol. The van der Waals surface area contributed by atoms with Crippen LogP contribution in [0.2, 0.25) is 0 Å². The summed E-state index contributed by atoms with van der Waals surface area (Å²) in [6.07, 6.45) is 2.35. The molecular weight excluding hydrogens is 268 g/mol. The highest BCUT2D eigenvalue weighted by atomic mass is 79.9. The summed E-state index contributed by atoms with van der Waals surface area (Å²) in [7, 11) is 0. The molecule has 0 unspecified atom stereocenters. The topological polar surface area (TPSA) is 45.0 Å². The van der Waals surface area contributed by atoms with Gasteiger partial charge < -0.3 is 10.1 Å². The monoisotopic (exact) mass is 280 g/mol. The maximum atomic E-state index is 8.98. The lowest BCUT2D eigenvalue weighted by atomic mass is 10.1. The molecule has 2 rings (SSSR count). The van der Waals surface area contributed by atoms with Gasteiger partial charge in [0.1, 0.15) is 17.9 Å². The van der Waals surface area contributed by atoms with Crippen LogP contribution in [0.5, 0.6) is 5.75 Å². The second-order valence-electron chi connectivity index (χ2n) is 3.84. The minimum absolute atomic E-state index is 0.176. The molecular formula is C12H13BrN2O. The second kappa shape index (κ2) is 5.33.